The van der Waals surface area contributed by atoms with Gasteiger partial charge in [0.1, 0.15) is 5.82 Å². The first kappa shape index (κ1) is 10.0. The van der Waals surface area contributed by atoms with Crippen molar-refractivity contribution in [2.45, 2.75) is 18.8 Å². The lowest BCUT2D eigenvalue weighted by Crippen LogP contribution is -2.27. The molecular weight excluding hydrogens is 194 g/mol. The number of aromatic nitrogens is 2. The third-order valence-corrected chi connectivity index (χ3v) is 2.60. The molecule has 1 aliphatic rings. The molecule has 1 aromatic rings. The fraction of sp³-hybridized carbons (Fsp3) is 0.500. The molecule has 0 radical (unpaired) electrons. The van der Waals surface area contributed by atoms with Gasteiger partial charge in [0, 0.05) is 12.1 Å². The Bertz CT molecular complexity index is 361. The highest BCUT2D eigenvalue weighted by Crippen LogP contribution is 2.21. The largest absolute Gasteiger partial charge is 0.477 e. The van der Waals surface area contributed by atoms with Crippen molar-refractivity contribution >= 4 is 5.97 Å². The molecule has 15 heavy (non-hydrogen) atoms. The maximum atomic E-state index is 10.7. The fourth-order valence-electron chi connectivity index (χ4n) is 1.77. The van der Waals surface area contributed by atoms with Gasteiger partial charge in [0.05, 0.1) is 0 Å². The lowest BCUT2D eigenvalue weighted by atomic mass is 9.97. The first-order chi connectivity index (χ1) is 7.27. The molecule has 5 nitrogen and oxygen atoms in total. The number of aromatic carboxylic acids is 1. The van der Waals surface area contributed by atoms with Crippen LogP contribution in [-0.4, -0.2) is 34.1 Å². The number of hydrogen-bond acceptors (Lipinski definition) is 4. The number of rotatable bonds is 2. The molecule has 2 rings (SSSR count). The Morgan fingerprint density at radius 1 is 1.47 bits per heavy atom. The van der Waals surface area contributed by atoms with E-state index in [-0.39, 0.29) is 5.69 Å². The molecule has 0 aromatic carbocycles. The van der Waals surface area contributed by atoms with Crippen LogP contribution in [0.15, 0.2) is 12.3 Å². The van der Waals surface area contributed by atoms with Gasteiger partial charge in [-0.05, 0) is 32.0 Å². The number of carboxylic acids is 1. The number of nitrogens with zero attached hydrogens (tertiary/aromatic N) is 2. The average molecular weight is 207 g/mol. The maximum absolute atomic E-state index is 10.7. The van der Waals surface area contributed by atoms with E-state index < -0.39 is 5.97 Å². The lowest BCUT2D eigenvalue weighted by molar-refractivity contribution is 0.0689. The monoisotopic (exact) mass is 207 g/mol. The minimum Gasteiger partial charge on any atom is -0.477 e. The fourth-order valence-corrected chi connectivity index (χ4v) is 1.77. The van der Waals surface area contributed by atoms with E-state index >= 15 is 0 Å². The van der Waals surface area contributed by atoms with Gasteiger partial charge in [0.2, 0.25) is 0 Å². The number of carbonyl (C=O) groups is 1. The number of hydrogen-bond donors (Lipinski definition) is 2. The highest BCUT2D eigenvalue weighted by atomic mass is 16.4. The molecule has 1 saturated heterocycles. The molecule has 0 amide bonds. The van der Waals surface area contributed by atoms with Crippen molar-refractivity contribution in [3.05, 3.63) is 23.8 Å². The molecule has 0 aliphatic carbocycles. The maximum Gasteiger partial charge on any atom is 0.354 e. The first-order valence-corrected chi connectivity index (χ1v) is 5.04. The second-order valence-electron chi connectivity index (χ2n) is 3.63. The molecule has 1 fully saturated rings. The Labute approximate surface area is 87.6 Å². The summed E-state index contributed by atoms with van der Waals surface area (Å²) in [6.45, 7) is 1.90. The van der Waals surface area contributed by atoms with Crippen molar-refractivity contribution < 1.29 is 9.90 Å². The Kier molecular flexibility index (Phi) is 2.91. The van der Waals surface area contributed by atoms with Gasteiger partial charge in [-0.3, -0.25) is 0 Å². The van der Waals surface area contributed by atoms with Crippen molar-refractivity contribution in [3.8, 4) is 0 Å². The number of carboxylic acid groups (broad SMARTS) is 1. The summed E-state index contributed by atoms with van der Waals surface area (Å²) < 4.78 is 0. The van der Waals surface area contributed by atoms with E-state index in [1.54, 1.807) is 0 Å². The van der Waals surface area contributed by atoms with Crippen LogP contribution >= 0.6 is 0 Å². The van der Waals surface area contributed by atoms with Crippen molar-refractivity contribution in [2.24, 2.45) is 0 Å². The lowest BCUT2D eigenvalue weighted by Gasteiger charge is -2.21. The summed E-state index contributed by atoms with van der Waals surface area (Å²) in [5.74, 6) is -0.0328. The molecule has 0 spiro atoms. The molecule has 80 valence electrons. The summed E-state index contributed by atoms with van der Waals surface area (Å²) in [6, 6.07) is 1.42. The van der Waals surface area contributed by atoms with E-state index in [1.807, 2.05) is 0 Å². The zero-order valence-electron chi connectivity index (χ0n) is 8.31. The van der Waals surface area contributed by atoms with Gasteiger partial charge in [0.15, 0.2) is 5.69 Å². The van der Waals surface area contributed by atoms with Crippen LogP contribution in [0.5, 0.6) is 0 Å². The quantitative estimate of drug-likeness (QED) is 0.744. The molecule has 1 aromatic heterocycles. The van der Waals surface area contributed by atoms with E-state index in [4.69, 9.17) is 5.11 Å². The number of piperidine rings is 1. The summed E-state index contributed by atoms with van der Waals surface area (Å²) in [7, 11) is 0. The summed E-state index contributed by atoms with van der Waals surface area (Å²) in [5.41, 5.74) is 0.0820. The molecular formula is C10H13N3O2. The van der Waals surface area contributed by atoms with Gasteiger partial charge < -0.3 is 10.4 Å². The molecule has 0 unspecified atom stereocenters. The van der Waals surface area contributed by atoms with Crippen molar-refractivity contribution in [3.63, 3.8) is 0 Å². The SMILES string of the molecule is O=C(O)c1ccnc(C2CCNCC2)n1. The Morgan fingerprint density at radius 2 is 2.20 bits per heavy atom. The smallest absolute Gasteiger partial charge is 0.354 e. The van der Waals surface area contributed by atoms with Crippen LogP contribution in [0, 0.1) is 0 Å². The van der Waals surface area contributed by atoms with Crippen LogP contribution in [-0.2, 0) is 0 Å². The predicted molar refractivity (Wildman–Crippen MR) is 53.8 cm³/mol. The summed E-state index contributed by atoms with van der Waals surface area (Å²) in [6.07, 6.45) is 3.47. The summed E-state index contributed by atoms with van der Waals surface area (Å²) >= 11 is 0. The third kappa shape index (κ3) is 2.30. The third-order valence-electron chi connectivity index (χ3n) is 2.60. The molecule has 0 atom stereocenters. The van der Waals surface area contributed by atoms with E-state index in [1.165, 1.54) is 12.3 Å². The van der Waals surface area contributed by atoms with E-state index in [0.717, 1.165) is 25.9 Å². The molecule has 0 bridgehead atoms. The van der Waals surface area contributed by atoms with Crippen LogP contribution in [0.3, 0.4) is 0 Å². The zero-order valence-corrected chi connectivity index (χ0v) is 8.31. The standard InChI is InChI=1S/C10H13N3O2/c14-10(15)8-3-6-12-9(13-8)7-1-4-11-5-2-7/h3,6-7,11H,1-2,4-5H2,(H,14,15). The van der Waals surface area contributed by atoms with Crippen LogP contribution in [0.25, 0.3) is 0 Å². The first-order valence-electron chi connectivity index (χ1n) is 5.04. The topological polar surface area (TPSA) is 75.1 Å². The van der Waals surface area contributed by atoms with Crippen LogP contribution < -0.4 is 5.32 Å². The zero-order chi connectivity index (χ0) is 10.7. The normalized spacial score (nSPS) is 17.6. The van der Waals surface area contributed by atoms with Crippen molar-refractivity contribution in [1.29, 1.82) is 0 Å². The van der Waals surface area contributed by atoms with Crippen molar-refractivity contribution in [1.82, 2.24) is 15.3 Å². The Balaban J connectivity index is 2.19. The van der Waals surface area contributed by atoms with Gasteiger partial charge in [0.25, 0.3) is 0 Å². The van der Waals surface area contributed by atoms with Gasteiger partial charge in [-0.2, -0.15) is 0 Å². The minimum absolute atomic E-state index is 0.0820. The van der Waals surface area contributed by atoms with Gasteiger partial charge in [-0.1, -0.05) is 0 Å². The highest BCUT2D eigenvalue weighted by molar-refractivity contribution is 5.85. The predicted octanol–water partition coefficient (Wildman–Crippen LogP) is 0.642. The van der Waals surface area contributed by atoms with Crippen LogP contribution in [0.1, 0.15) is 35.1 Å². The number of nitrogens with one attached hydrogen (secondary N) is 1. The van der Waals surface area contributed by atoms with E-state index in [0.29, 0.717) is 11.7 Å². The molecule has 2 heterocycles. The van der Waals surface area contributed by atoms with Gasteiger partial charge in [-0.25, -0.2) is 14.8 Å². The second kappa shape index (κ2) is 4.35. The molecule has 2 N–H and O–H groups in total. The van der Waals surface area contributed by atoms with Crippen LogP contribution in [0.4, 0.5) is 0 Å². The Hall–Kier alpha value is -1.49. The van der Waals surface area contributed by atoms with E-state index in [9.17, 15) is 4.79 Å². The molecule has 5 heteroatoms. The van der Waals surface area contributed by atoms with E-state index in [2.05, 4.69) is 15.3 Å². The molecule has 1 aliphatic heterocycles. The second-order valence-corrected chi connectivity index (χ2v) is 3.63. The van der Waals surface area contributed by atoms with Crippen molar-refractivity contribution in [2.75, 3.05) is 13.1 Å². The average Bonchev–Trinajstić information content (AvgIpc) is 2.30. The van der Waals surface area contributed by atoms with Gasteiger partial charge >= 0.3 is 5.97 Å². The minimum atomic E-state index is -0.993. The molecule has 0 saturated carbocycles. The summed E-state index contributed by atoms with van der Waals surface area (Å²) in [5, 5.41) is 12.1. The van der Waals surface area contributed by atoms with Crippen LogP contribution in [0.2, 0.25) is 0 Å². The highest BCUT2D eigenvalue weighted by Gasteiger charge is 2.18. The Morgan fingerprint density at radius 3 is 2.87 bits per heavy atom. The summed E-state index contributed by atoms with van der Waals surface area (Å²) in [4.78, 5) is 18.9. The van der Waals surface area contributed by atoms with Gasteiger partial charge in [-0.15, -0.1) is 0 Å².